The lowest BCUT2D eigenvalue weighted by Crippen LogP contribution is -2.27. The molecule has 6 heteroatoms. The number of hydrogen-bond acceptors (Lipinski definition) is 3. The Morgan fingerprint density at radius 1 is 1.00 bits per heavy atom. The van der Waals surface area contributed by atoms with E-state index in [-0.39, 0.29) is 24.4 Å². The molecule has 1 amide bonds. The second-order valence-electron chi connectivity index (χ2n) is 5.75. The molecule has 0 saturated carbocycles. The topological polar surface area (TPSA) is 107 Å². The van der Waals surface area contributed by atoms with Crippen molar-refractivity contribution in [3.63, 3.8) is 0 Å². The summed E-state index contributed by atoms with van der Waals surface area (Å²) >= 11 is 0. The van der Waals surface area contributed by atoms with Crippen molar-refractivity contribution in [3.05, 3.63) is 59.7 Å². The van der Waals surface area contributed by atoms with E-state index in [1.54, 1.807) is 0 Å². The standard InChI is InChI=1S/C19H19NO4.H2O/c21-18(22)10-5-11-20-19(23)24-12-17-15-8-3-1-6-13(15)14-7-2-4-9-16(14)17;/h1-4,6-9,17H,5,10-12H2,(H,20,23)(H,21,22);1H2. The van der Waals surface area contributed by atoms with Crippen LogP contribution in [0.1, 0.15) is 29.9 Å². The minimum Gasteiger partial charge on any atom is -0.481 e. The van der Waals surface area contributed by atoms with E-state index in [1.807, 2.05) is 24.3 Å². The molecule has 0 atom stereocenters. The van der Waals surface area contributed by atoms with Gasteiger partial charge in [0.1, 0.15) is 6.61 Å². The lowest BCUT2D eigenvalue weighted by molar-refractivity contribution is -0.137. The number of ether oxygens (including phenoxy) is 1. The molecule has 1 aliphatic carbocycles. The average molecular weight is 343 g/mol. The first-order chi connectivity index (χ1) is 11.7. The van der Waals surface area contributed by atoms with Crippen molar-refractivity contribution in [1.82, 2.24) is 5.32 Å². The molecule has 132 valence electrons. The number of carboxylic acids is 1. The fourth-order valence-corrected chi connectivity index (χ4v) is 3.08. The maximum absolute atomic E-state index is 11.8. The molecule has 0 spiro atoms. The van der Waals surface area contributed by atoms with E-state index in [4.69, 9.17) is 9.84 Å². The molecule has 0 aromatic heterocycles. The highest BCUT2D eigenvalue weighted by molar-refractivity contribution is 5.79. The van der Waals surface area contributed by atoms with Gasteiger partial charge >= 0.3 is 12.1 Å². The summed E-state index contributed by atoms with van der Waals surface area (Å²) < 4.78 is 5.35. The van der Waals surface area contributed by atoms with Gasteiger partial charge in [-0.3, -0.25) is 4.79 Å². The monoisotopic (exact) mass is 343 g/mol. The Labute approximate surface area is 145 Å². The minimum atomic E-state index is -0.871. The lowest BCUT2D eigenvalue weighted by atomic mass is 9.98. The molecule has 0 bridgehead atoms. The SMILES string of the molecule is O.O=C(O)CCCNC(=O)OCC1c2ccccc2-c2ccccc21. The normalized spacial score (nSPS) is 11.8. The van der Waals surface area contributed by atoms with E-state index in [0.717, 1.165) is 11.1 Å². The van der Waals surface area contributed by atoms with Crippen LogP contribution in [0.15, 0.2) is 48.5 Å². The van der Waals surface area contributed by atoms with Gasteiger partial charge in [-0.15, -0.1) is 0 Å². The number of fused-ring (bicyclic) bond motifs is 3. The molecule has 1 aliphatic rings. The van der Waals surface area contributed by atoms with E-state index in [0.29, 0.717) is 13.0 Å². The summed E-state index contributed by atoms with van der Waals surface area (Å²) in [6, 6.07) is 16.3. The molecule has 0 unspecified atom stereocenters. The molecule has 0 aliphatic heterocycles. The smallest absolute Gasteiger partial charge is 0.407 e. The molecule has 2 aromatic rings. The van der Waals surface area contributed by atoms with Crippen molar-refractivity contribution in [2.45, 2.75) is 18.8 Å². The first-order valence-electron chi connectivity index (χ1n) is 7.97. The molecule has 0 saturated heterocycles. The average Bonchev–Trinajstić information content (AvgIpc) is 2.91. The fourth-order valence-electron chi connectivity index (χ4n) is 3.08. The van der Waals surface area contributed by atoms with Gasteiger partial charge in [0.05, 0.1) is 0 Å². The molecule has 2 aromatic carbocycles. The maximum atomic E-state index is 11.8. The van der Waals surface area contributed by atoms with Gasteiger partial charge < -0.3 is 20.6 Å². The molecule has 6 nitrogen and oxygen atoms in total. The molecule has 25 heavy (non-hydrogen) atoms. The highest BCUT2D eigenvalue weighted by Crippen LogP contribution is 2.44. The van der Waals surface area contributed by atoms with Crippen molar-refractivity contribution in [1.29, 1.82) is 0 Å². The fraction of sp³-hybridized carbons (Fsp3) is 0.263. The van der Waals surface area contributed by atoms with Crippen LogP contribution in [0.4, 0.5) is 4.79 Å². The second-order valence-corrected chi connectivity index (χ2v) is 5.75. The van der Waals surface area contributed by atoms with Crippen LogP contribution in [-0.2, 0) is 9.53 Å². The van der Waals surface area contributed by atoms with Crippen molar-refractivity contribution in [2.75, 3.05) is 13.2 Å². The number of carbonyl (C=O) groups excluding carboxylic acids is 1. The third-order valence-corrected chi connectivity index (χ3v) is 4.18. The Morgan fingerprint density at radius 3 is 2.12 bits per heavy atom. The molecule has 3 rings (SSSR count). The molecule has 0 fully saturated rings. The molecule has 4 N–H and O–H groups in total. The molecular formula is C19H21NO5. The quantitative estimate of drug-likeness (QED) is 0.786. The summed E-state index contributed by atoms with van der Waals surface area (Å²) in [5.41, 5.74) is 4.70. The van der Waals surface area contributed by atoms with Gasteiger partial charge in [-0.2, -0.15) is 0 Å². The summed E-state index contributed by atoms with van der Waals surface area (Å²) in [5.74, 6) is -0.841. The first-order valence-corrected chi connectivity index (χ1v) is 7.97. The number of aliphatic carboxylic acids is 1. The number of carbonyl (C=O) groups is 2. The van der Waals surface area contributed by atoms with Crippen LogP contribution >= 0.6 is 0 Å². The number of nitrogens with one attached hydrogen (secondary N) is 1. The van der Waals surface area contributed by atoms with Crippen molar-refractivity contribution in [2.24, 2.45) is 0 Å². The minimum absolute atomic E-state index is 0. The third-order valence-electron chi connectivity index (χ3n) is 4.18. The predicted molar refractivity (Wildman–Crippen MR) is 93.6 cm³/mol. The summed E-state index contributed by atoms with van der Waals surface area (Å²) in [6.45, 7) is 0.557. The van der Waals surface area contributed by atoms with Gasteiger partial charge in [0.25, 0.3) is 0 Å². The van der Waals surface area contributed by atoms with Gasteiger partial charge in [0.2, 0.25) is 0 Å². The van der Waals surface area contributed by atoms with E-state index in [9.17, 15) is 9.59 Å². The van der Waals surface area contributed by atoms with Gasteiger partial charge in [-0.05, 0) is 28.7 Å². The number of hydrogen-bond donors (Lipinski definition) is 2. The van der Waals surface area contributed by atoms with Crippen LogP contribution < -0.4 is 5.32 Å². The van der Waals surface area contributed by atoms with Crippen molar-refractivity contribution >= 4 is 12.1 Å². The highest BCUT2D eigenvalue weighted by atomic mass is 16.5. The number of alkyl carbamates (subject to hydrolysis) is 1. The van der Waals surface area contributed by atoms with Crippen molar-refractivity contribution in [3.8, 4) is 11.1 Å². The Balaban J connectivity index is 0.00000225. The van der Waals surface area contributed by atoms with E-state index in [1.165, 1.54) is 11.1 Å². The van der Waals surface area contributed by atoms with Crippen LogP contribution in [0.3, 0.4) is 0 Å². The Bertz CT molecular complexity index is 713. The number of rotatable bonds is 6. The Hall–Kier alpha value is -2.86. The Kier molecular flexibility index (Phi) is 6.14. The largest absolute Gasteiger partial charge is 0.481 e. The zero-order valence-corrected chi connectivity index (χ0v) is 13.7. The molecule has 0 radical (unpaired) electrons. The van der Waals surface area contributed by atoms with Crippen LogP contribution in [-0.4, -0.2) is 35.8 Å². The zero-order valence-electron chi connectivity index (χ0n) is 13.7. The van der Waals surface area contributed by atoms with Crippen LogP contribution in [0.2, 0.25) is 0 Å². The highest BCUT2D eigenvalue weighted by Gasteiger charge is 2.28. The van der Waals surface area contributed by atoms with Crippen LogP contribution in [0.5, 0.6) is 0 Å². The number of carboxylic acid groups (broad SMARTS) is 1. The molecular weight excluding hydrogens is 322 g/mol. The lowest BCUT2D eigenvalue weighted by Gasteiger charge is -2.14. The summed E-state index contributed by atoms with van der Waals surface area (Å²) in [4.78, 5) is 22.2. The summed E-state index contributed by atoms with van der Waals surface area (Å²) in [5, 5.41) is 11.2. The second kappa shape index (κ2) is 8.30. The maximum Gasteiger partial charge on any atom is 0.407 e. The van der Waals surface area contributed by atoms with Crippen molar-refractivity contribution < 1.29 is 24.9 Å². The van der Waals surface area contributed by atoms with Gasteiger partial charge in [-0.1, -0.05) is 48.5 Å². The summed E-state index contributed by atoms with van der Waals surface area (Å²) in [7, 11) is 0. The zero-order chi connectivity index (χ0) is 16.9. The number of amides is 1. The third kappa shape index (κ3) is 4.16. The summed E-state index contributed by atoms with van der Waals surface area (Å²) in [6.07, 6.45) is -0.0920. The van der Waals surface area contributed by atoms with E-state index in [2.05, 4.69) is 29.6 Å². The number of benzene rings is 2. The molecule has 0 heterocycles. The van der Waals surface area contributed by atoms with Gasteiger partial charge in [-0.25, -0.2) is 4.79 Å². The van der Waals surface area contributed by atoms with Gasteiger partial charge in [0.15, 0.2) is 0 Å². The van der Waals surface area contributed by atoms with Crippen LogP contribution in [0.25, 0.3) is 11.1 Å². The predicted octanol–water partition coefficient (Wildman–Crippen LogP) is 2.57. The van der Waals surface area contributed by atoms with E-state index < -0.39 is 12.1 Å². The Morgan fingerprint density at radius 2 is 1.56 bits per heavy atom. The van der Waals surface area contributed by atoms with E-state index >= 15 is 0 Å². The first kappa shape index (κ1) is 18.5. The van der Waals surface area contributed by atoms with Crippen LogP contribution in [0, 0.1) is 0 Å². The van der Waals surface area contributed by atoms with Gasteiger partial charge in [0, 0.05) is 18.9 Å².